The third kappa shape index (κ3) is 3.53. The van der Waals surface area contributed by atoms with E-state index in [0.29, 0.717) is 21.2 Å². The van der Waals surface area contributed by atoms with Crippen molar-refractivity contribution in [1.29, 1.82) is 5.41 Å². The van der Waals surface area contributed by atoms with E-state index in [0.717, 1.165) is 5.56 Å². The molecule has 104 valence electrons. The lowest BCUT2D eigenvalue weighted by Gasteiger charge is -2.08. The number of nitrogens with two attached hydrogens (primary N) is 1. The summed E-state index contributed by atoms with van der Waals surface area (Å²) in [5.41, 5.74) is 6.80. The monoisotopic (exact) mass is 372 g/mol. The Labute approximate surface area is 134 Å². The molecule has 0 radical (unpaired) electrons. The first kappa shape index (κ1) is 15.4. The molecule has 0 fully saturated rings. The van der Waals surface area contributed by atoms with E-state index in [2.05, 4.69) is 15.9 Å². The van der Waals surface area contributed by atoms with Crippen molar-refractivity contribution in [2.24, 2.45) is 5.73 Å². The summed E-state index contributed by atoms with van der Waals surface area (Å²) in [5, 5.41) is 8.04. The van der Waals surface area contributed by atoms with Crippen LogP contribution in [-0.2, 0) is 5.75 Å². The van der Waals surface area contributed by atoms with Crippen molar-refractivity contribution in [3.05, 3.63) is 62.8 Å². The van der Waals surface area contributed by atoms with Crippen LogP contribution in [0.4, 0.5) is 4.39 Å². The number of rotatable bonds is 4. The Morgan fingerprint density at radius 2 is 1.90 bits per heavy atom. The minimum Gasteiger partial charge on any atom is -0.384 e. The summed E-state index contributed by atoms with van der Waals surface area (Å²) in [4.78, 5) is 0.511. The van der Waals surface area contributed by atoms with Crippen molar-refractivity contribution < 1.29 is 4.39 Å². The zero-order valence-corrected chi connectivity index (χ0v) is 13.4. The van der Waals surface area contributed by atoms with Crippen LogP contribution in [0.3, 0.4) is 0 Å². The Morgan fingerprint density at radius 3 is 2.50 bits per heavy atom. The summed E-state index contributed by atoms with van der Waals surface area (Å²) in [7, 11) is 0. The molecule has 2 nitrogen and oxygen atoms in total. The maximum atomic E-state index is 14.1. The molecule has 0 saturated carbocycles. The van der Waals surface area contributed by atoms with Gasteiger partial charge in [-0.05, 0) is 45.8 Å². The second-order valence-electron chi connectivity index (χ2n) is 4.07. The van der Waals surface area contributed by atoms with Crippen LogP contribution in [0.15, 0.2) is 45.8 Å². The summed E-state index contributed by atoms with van der Waals surface area (Å²) < 4.78 is 14.4. The number of hydrogen-bond acceptors (Lipinski definition) is 2. The second kappa shape index (κ2) is 6.61. The summed E-state index contributed by atoms with van der Waals surface area (Å²) in [6, 6.07) is 10.7. The number of amidine groups is 1. The zero-order chi connectivity index (χ0) is 14.7. The largest absolute Gasteiger partial charge is 0.384 e. The maximum absolute atomic E-state index is 14.1. The van der Waals surface area contributed by atoms with Crippen LogP contribution < -0.4 is 5.73 Å². The molecule has 0 amide bonds. The highest BCUT2D eigenvalue weighted by Crippen LogP contribution is 2.32. The van der Waals surface area contributed by atoms with Gasteiger partial charge in [-0.25, -0.2) is 4.39 Å². The first-order chi connectivity index (χ1) is 9.49. The van der Waals surface area contributed by atoms with E-state index < -0.39 is 5.82 Å². The van der Waals surface area contributed by atoms with Gasteiger partial charge in [0.15, 0.2) is 5.82 Å². The molecule has 0 aromatic heterocycles. The Balaban J connectivity index is 2.16. The number of nitrogens with one attached hydrogen (secondary N) is 1. The minimum absolute atomic E-state index is 0.162. The smallest absolute Gasteiger partial charge is 0.151 e. The molecule has 0 unspecified atom stereocenters. The maximum Gasteiger partial charge on any atom is 0.151 e. The van der Waals surface area contributed by atoms with Gasteiger partial charge in [0.25, 0.3) is 0 Å². The van der Waals surface area contributed by atoms with Gasteiger partial charge in [-0.15, -0.1) is 11.8 Å². The summed E-state index contributed by atoms with van der Waals surface area (Å²) in [6.45, 7) is 0. The zero-order valence-electron chi connectivity index (χ0n) is 10.3. The van der Waals surface area contributed by atoms with Gasteiger partial charge in [0.1, 0.15) is 5.84 Å². The van der Waals surface area contributed by atoms with Crippen molar-refractivity contribution in [2.45, 2.75) is 10.6 Å². The van der Waals surface area contributed by atoms with Crippen LogP contribution in [-0.4, -0.2) is 5.84 Å². The van der Waals surface area contributed by atoms with Crippen molar-refractivity contribution in [2.75, 3.05) is 0 Å². The molecule has 0 aliphatic heterocycles. The number of nitrogen functional groups attached to an aromatic ring is 1. The molecule has 0 saturated heterocycles. The number of thioether (sulfide) groups is 1. The number of benzene rings is 2. The van der Waals surface area contributed by atoms with Gasteiger partial charge in [-0.2, -0.15) is 0 Å². The molecule has 20 heavy (non-hydrogen) atoms. The molecule has 0 aliphatic carbocycles. The molecular weight excluding hydrogens is 363 g/mol. The van der Waals surface area contributed by atoms with Crippen molar-refractivity contribution in [1.82, 2.24) is 0 Å². The van der Waals surface area contributed by atoms with Crippen LogP contribution in [0.25, 0.3) is 0 Å². The summed E-state index contributed by atoms with van der Waals surface area (Å²) in [6.07, 6.45) is 0. The molecule has 2 aromatic rings. The van der Waals surface area contributed by atoms with Gasteiger partial charge in [-0.3, -0.25) is 5.41 Å². The van der Waals surface area contributed by atoms with Gasteiger partial charge >= 0.3 is 0 Å². The average molecular weight is 374 g/mol. The number of hydrogen-bond donors (Lipinski definition) is 2. The third-order valence-electron chi connectivity index (χ3n) is 2.64. The first-order valence-corrected chi connectivity index (χ1v) is 7.84. The highest BCUT2D eigenvalue weighted by atomic mass is 79.9. The quantitative estimate of drug-likeness (QED) is 0.459. The fourth-order valence-corrected chi connectivity index (χ4v) is 3.32. The Bertz CT molecular complexity index is 646. The van der Waals surface area contributed by atoms with E-state index in [1.165, 1.54) is 11.8 Å². The van der Waals surface area contributed by atoms with Crippen molar-refractivity contribution >= 4 is 45.1 Å². The van der Waals surface area contributed by atoms with E-state index in [4.69, 9.17) is 22.7 Å². The van der Waals surface area contributed by atoms with Gasteiger partial charge in [0.2, 0.25) is 0 Å². The predicted octanol–water partition coefficient (Wildman–Crippen LogP) is 4.82. The van der Waals surface area contributed by atoms with Crippen LogP contribution in [0, 0.1) is 11.2 Å². The summed E-state index contributed by atoms with van der Waals surface area (Å²) >= 11 is 10.3. The molecule has 0 bridgehead atoms. The Morgan fingerprint density at radius 1 is 1.25 bits per heavy atom. The van der Waals surface area contributed by atoms with Crippen molar-refractivity contribution in [3.8, 4) is 0 Å². The Hall–Kier alpha value is -1.04. The highest BCUT2D eigenvalue weighted by Gasteiger charge is 2.13. The standard InChI is InChI=1S/C14H11BrClFN2S/c15-12-10(14(18)19)5-6-11(13(12)17)20-7-8-1-3-9(16)4-2-8/h1-6H,7H2,(H3,18,19). The van der Waals surface area contributed by atoms with Crippen molar-refractivity contribution in [3.63, 3.8) is 0 Å². The van der Waals surface area contributed by atoms with Gasteiger partial charge in [-0.1, -0.05) is 23.7 Å². The molecule has 3 N–H and O–H groups in total. The molecule has 0 atom stereocenters. The van der Waals surface area contributed by atoms with Crippen LogP contribution in [0.5, 0.6) is 0 Å². The molecule has 6 heteroatoms. The van der Waals surface area contributed by atoms with E-state index in [9.17, 15) is 4.39 Å². The van der Waals surface area contributed by atoms with E-state index in [1.54, 1.807) is 12.1 Å². The van der Waals surface area contributed by atoms with E-state index in [-0.39, 0.29) is 10.3 Å². The van der Waals surface area contributed by atoms with E-state index >= 15 is 0 Å². The van der Waals surface area contributed by atoms with E-state index in [1.807, 2.05) is 24.3 Å². The highest BCUT2D eigenvalue weighted by molar-refractivity contribution is 9.10. The van der Waals surface area contributed by atoms with Gasteiger partial charge in [0, 0.05) is 21.2 Å². The molecular formula is C14H11BrClFN2S. The topological polar surface area (TPSA) is 49.9 Å². The first-order valence-electron chi connectivity index (χ1n) is 5.68. The lowest BCUT2D eigenvalue weighted by molar-refractivity contribution is 0.594. The van der Waals surface area contributed by atoms with Crippen LogP contribution in [0.1, 0.15) is 11.1 Å². The molecule has 2 rings (SSSR count). The normalized spacial score (nSPS) is 10.6. The van der Waals surface area contributed by atoms with Crippen LogP contribution in [0.2, 0.25) is 5.02 Å². The van der Waals surface area contributed by atoms with Crippen LogP contribution >= 0.6 is 39.3 Å². The molecule has 0 heterocycles. The Kier molecular flexibility index (Phi) is 5.07. The SMILES string of the molecule is N=C(N)c1ccc(SCc2ccc(Cl)cc2)c(F)c1Br. The van der Waals surface area contributed by atoms with Gasteiger partial charge < -0.3 is 5.73 Å². The average Bonchev–Trinajstić information content (AvgIpc) is 2.42. The molecule has 0 aliphatic rings. The van der Waals surface area contributed by atoms with Gasteiger partial charge in [0.05, 0.1) is 4.47 Å². The number of halogens is 3. The fourth-order valence-electron chi connectivity index (χ4n) is 1.59. The molecule has 2 aromatic carbocycles. The predicted molar refractivity (Wildman–Crippen MR) is 86.1 cm³/mol. The second-order valence-corrected chi connectivity index (χ2v) is 6.31. The lowest BCUT2D eigenvalue weighted by Crippen LogP contribution is -2.12. The summed E-state index contributed by atoms with van der Waals surface area (Å²) in [5.74, 6) is 0.0848. The molecule has 0 spiro atoms. The third-order valence-corrected chi connectivity index (χ3v) is 4.78. The minimum atomic E-state index is -0.392. The lowest BCUT2D eigenvalue weighted by atomic mass is 10.2. The fraction of sp³-hybridized carbons (Fsp3) is 0.0714.